The molecular formula is C34H30O3. The second kappa shape index (κ2) is 10.4. The highest BCUT2D eigenvalue weighted by Crippen LogP contribution is 2.55. The van der Waals surface area contributed by atoms with Crippen LogP contribution in [0.15, 0.2) is 121 Å². The maximum Gasteiger partial charge on any atom is 0.127 e. The third-order valence-corrected chi connectivity index (χ3v) is 7.44. The van der Waals surface area contributed by atoms with E-state index >= 15 is 0 Å². The molecule has 2 aliphatic rings. The molecule has 6 rings (SSSR count). The van der Waals surface area contributed by atoms with E-state index in [2.05, 4.69) is 60.8 Å². The average molecular weight is 487 g/mol. The van der Waals surface area contributed by atoms with E-state index in [1.807, 2.05) is 54.6 Å². The van der Waals surface area contributed by atoms with Crippen molar-refractivity contribution in [2.75, 3.05) is 0 Å². The van der Waals surface area contributed by atoms with Gasteiger partial charge in [-0.15, -0.1) is 5.73 Å². The van der Waals surface area contributed by atoms with Crippen LogP contribution in [0.25, 0.3) is 0 Å². The van der Waals surface area contributed by atoms with Gasteiger partial charge in [0.2, 0.25) is 0 Å². The Morgan fingerprint density at radius 1 is 0.730 bits per heavy atom. The van der Waals surface area contributed by atoms with E-state index in [1.54, 1.807) is 0 Å². The van der Waals surface area contributed by atoms with E-state index in [0.29, 0.717) is 25.0 Å². The standard InChI is InChI=1S/C34H30O3/c1-2-24-19-30-31-21-29(36-23-26-11-7-4-8-12-26)17-18-33(31)37-34(32(30)20-24)27-13-15-28(16-14-27)35-22-25-9-5-3-6-10-25/h3-18,21,30,32,34H,1,19-20,22-23H2/t30-,32-,34-/m0/s1. The van der Waals surface area contributed by atoms with Gasteiger partial charge in [0.25, 0.3) is 0 Å². The van der Waals surface area contributed by atoms with E-state index in [0.717, 1.165) is 41.2 Å². The minimum absolute atomic E-state index is 0.0254. The lowest BCUT2D eigenvalue weighted by Crippen LogP contribution is -2.26. The molecule has 4 aromatic carbocycles. The summed E-state index contributed by atoms with van der Waals surface area (Å²) in [7, 11) is 0. The monoisotopic (exact) mass is 486 g/mol. The highest BCUT2D eigenvalue weighted by molar-refractivity contribution is 5.48. The van der Waals surface area contributed by atoms with Crippen LogP contribution < -0.4 is 14.2 Å². The summed E-state index contributed by atoms with van der Waals surface area (Å²) in [6.07, 6.45) is 1.88. The van der Waals surface area contributed by atoms with Crippen molar-refractivity contribution in [1.29, 1.82) is 0 Å². The van der Waals surface area contributed by atoms with Crippen LogP contribution in [-0.4, -0.2) is 0 Å². The fraction of sp³-hybridized carbons (Fsp3) is 0.206. The molecule has 3 atom stereocenters. The summed E-state index contributed by atoms with van der Waals surface area (Å²) in [4.78, 5) is 0. The zero-order valence-electron chi connectivity index (χ0n) is 20.8. The summed E-state index contributed by atoms with van der Waals surface area (Å²) >= 11 is 0. The molecule has 3 nitrogen and oxygen atoms in total. The Morgan fingerprint density at radius 2 is 1.35 bits per heavy atom. The van der Waals surface area contributed by atoms with Crippen LogP contribution in [0, 0.1) is 5.92 Å². The van der Waals surface area contributed by atoms with Crippen LogP contribution in [-0.2, 0) is 13.2 Å². The molecule has 0 aromatic heterocycles. The zero-order chi connectivity index (χ0) is 25.0. The van der Waals surface area contributed by atoms with Gasteiger partial charge >= 0.3 is 0 Å². The first-order chi connectivity index (χ1) is 18.3. The van der Waals surface area contributed by atoms with E-state index in [-0.39, 0.29) is 6.10 Å². The molecule has 0 amide bonds. The first-order valence-electron chi connectivity index (χ1n) is 12.9. The third-order valence-electron chi connectivity index (χ3n) is 7.44. The molecule has 1 aliphatic carbocycles. The van der Waals surface area contributed by atoms with Gasteiger partial charge in [-0.25, -0.2) is 0 Å². The smallest absolute Gasteiger partial charge is 0.127 e. The Bertz CT molecular complexity index is 1400. The molecule has 1 fully saturated rings. The molecule has 4 aromatic rings. The first-order valence-corrected chi connectivity index (χ1v) is 12.9. The molecule has 184 valence electrons. The quantitative estimate of drug-likeness (QED) is 0.247. The van der Waals surface area contributed by atoms with E-state index in [9.17, 15) is 0 Å². The molecular weight excluding hydrogens is 456 g/mol. The Morgan fingerprint density at radius 3 is 2.00 bits per heavy atom. The molecule has 1 heterocycles. The lowest BCUT2D eigenvalue weighted by molar-refractivity contribution is 0.104. The largest absolute Gasteiger partial charge is 0.489 e. The van der Waals surface area contributed by atoms with Gasteiger partial charge in [0.15, 0.2) is 0 Å². The number of fused-ring (bicyclic) bond motifs is 3. The van der Waals surface area contributed by atoms with E-state index in [1.165, 1.54) is 16.7 Å². The molecule has 0 unspecified atom stereocenters. The van der Waals surface area contributed by atoms with Crippen molar-refractivity contribution < 1.29 is 14.2 Å². The summed E-state index contributed by atoms with van der Waals surface area (Å²) in [5, 5.41) is 0. The number of rotatable bonds is 7. The molecule has 1 aliphatic heterocycles. The van der Waals surface area contributed by atoms with Gasteiger partial charge in [0.1, 0.15) is 36.6 Å². The summed E-state index contributed by atoms with van der Waals surface area (Å²) in [6.45, 7) is 5.05. The molecule has 0 N–H and O–H groups in total. The van der Waals surface area contributed by atoms with E-state index in [4.69, 9.17) is 14.2 Å². The molecule has 0 spiro atoms. The van der Waals surface area contributed by atoms with Crippen molar-refractivity contribution >= 4 is 0 Å². The van der Waals surface area contributed by atoms with Gasteiger partial charge in [-0.2, -0.15) is 0 Å². The van der Waals surface area contributed by atoms with Gasteiger partial charge in [-0.1, -0.05) is 79.4 Å². The molecule has 0 radical (unpaired) electrons. The number of hydrogen-bond donors (Lipinski definition) is 0. The van der Waals surface area contributed by atoms with Gasteiger partial charge in [0, 0.05) is 11.5 Å². The fourth-order valence-corrected chi connectivity index (χ4v) is 5.52. The van der Waals surface area contributed by atoms with Crippen molar-refractivity contribution in [1.82, 2.24) is 0 Å². The maximum atomic E-state index is 6.65. The lowest BCUT2D eigenvalue weighted by Gasteiger charge is -2.36. The summed E-state index contributed by atoms with van der Waals surface area (Å²) in [6, 6.07) is 35.1. The summed E-state index contributed by atoms with van der Waals surface area (Å²) in [5.41, 5.74) is 9.16. The van der Waals surface area contributed by atoms with Crippen LogP contribution in [0.3, 0.4) is 0 Å². The van der Waals surface area contributed by atoms with Crippen molar-refractivity contribution in [3.63, 3.8) is 0 Å². The van der Waals surface area contributed by atoms with Gasteiger partial charge in [0.05, 0.1) is 0 Å². The topological polar surface area (TPSA) is 27.7 Å². The Labute approximate surface area is 218 Å². The van der Waals surface area contributed by atoms with Gasteiger partial charge < -0.3 is 14.2 Å². The molecule has 37 heavy (non-hydrogen) atoms. The van der Waals surface area contributed by atoms with Crippen LogP contribution in [0.2, 0.25) is 0 Å². The van der Waals surface area contributed by atoms with Crippen LogP contribution in [0.5, 0.6) is 17.2 Å². The van der Waals surface area contributed by atoms with E-state index < -0.39 is 0 Å². The second-order valence-corrected chi connectivity index (χ2v) is 9.81. The first kappa shape index (κ1) is 23.2. The average Bonchev–Trinajstić information content (AvgIpc) is 3.41. The van der Waals surface area contributed by atoms with Gasteiger partial charge in [-0.3, -0.25) is 0 Å². The van der Waals surface area contributed by atoms with Crippen molar-refractivity contribution in [3.05, 3.63) is 143 Å². The second-order valence-electron chi connectivity index (χ2n) is 9.81. The minimum Gasteiger partial charge on any atom is -0.489 e. The number of allylic oxidation sites excluding steroid dienone is 1. The summed E-state index contributed by atoms with van der Waals surface area (Å²) < 4.78 is 18.8. The Balaban J connectivity index is 1.21. The lowest BCUT2D eigenvalue weighted by atomic mass is 9.80. The normalized spacial score (nSPS) is 19.8. The fourth-order valence-electron chi connectivity index (χ4n) is 5.52. The van der Waals surface area contributed by atoms with Crippen molar-refractivity contribution in [2.24, 2.45) is 5.92 Å². The van der Waals surface area contributed by atoms with Crippen LogP contribution in [0.4, 0.5) is 0 Å². The predicted molar refractivity (Wildman–Crippen MR) is 146 cm³/mol. The number of ether oxygens (including phenoxy) is 3. The predicted octanol–water partition coefficient (Wildman–Crippen LogP) is 8.18. The molecule has 0 saturated heterocycles. The molecule has 1 saturated carbocycles. The van der Waals surface area contributed by atoms with Crippen molar-refractivity contribution in [2.45, 2.75) is 38.1 Å². The SMILES string of the molecule is C=C=C1C[C@H]2[C@@H](C1)c1cc(OCc3ccccc3)ccc1O[C@H]2c1ccc(OCc2ccccc2)cc1. The van der Waals surface area contributed by atoms with Crippen molar-refractivity contribution in [3.8, 4) is 17.2 Å². The summed E-state index contributed by atoms with van der Waals surface area (Å²) in [5.74, 6) is 3.36. The highest BCUT2D eigenvalue weighted by Gasteiger charge is 2.44. The van der Waals surface area contributed by atoms with Crippen LogP contribution in [0.1, 0.15) is 47.1 Å². The number of hydrogen-bond acceptors (Lipinski definition) is 3. The zero-order valence-corrected chi connectivity index (χ0v) is 20.8. The van der Waals surface area contributed by atoms with Crippen LogP contribution >= 0.6 is 0 Å². The Hall–Kier alpha value is -4.20. The molecule has 0 bridgehead atoms. The van der Waals surface area contributed by atoms with Gasteiger partial charge in [-0.05, 0) is 71.4 Å². The maximum absolute atomic E-state index is 6.65. The molecule has 3 heteroatoms. The minimum atomic E-state index is -0.0254. The highest BCUT2D eigenvalue weighted by atomic mass is 16.5. The third kappa shape index (κ3) is 5.05. The Kier molecular flexibility index (Phi) is 6.54. The number of benzene rings is 4.